The predicted octanol–water partition coefficient (Wildman–Crippen LogP) is 1.77. The van der Waals surface area contributed by atoms with Gasteiger partial charge >= 0.3 is 6.03 Å². The van der Waals surface area contributed by atoms with Gasteiger partial charge in [-0.15, -0.1) is 0 Å². The molecule has 1 atom stereocenters. The Hall–Kier alpha value is -2.62. The van der Waals surface area contributed by atoms with Crippen LogP contribution in [0.15, 0.2) is 53.4 Å². The second-order valence-electron chi connectivity index (χ2n) is 6.13. The first-order valence-corrected chi connectivity index (χ1v) is 9.74. The van der Waals surface area contributed by atoms with Crippen LogP contribution in [0.5, 0.6) is 5.75 Å². The number of para-hydroxylation sites is 1. The lowest BCUT2D eigenvalue weighted by atomic mass is 10.0. The zero-order chi connectivity index (χ0) is 20.0. The maximum Gasteiger partial charge on any atom is 0.319 e. The summed E-state index contributed by atoms with van der Waals surface area (Å²) in [5, 5.41) is 10.5. The summed E-state index contributed by atoms with van der Waals surface area (Å²) < 4.78 is 28.2. The Labute approximate surface area is 159 Å². The van der Waals surface area contributed by atoms with E-state index in [0.29, 0.717) is 12.2 Å². The second-order valence-corrected chi connectivity index (χ2v) is 7.69. The molecular formula is C18H24N4O4S. The number of urea groups is 1. The number of nitrogens with two attached hydrogens (primary N) is 1. The molecule has 0 aliphatic heterocycles. The molecule has 0 saturated heterocycles. The van der Waals surface area contributed by atoms with E-state index in [0.717, 1.165) is 11.3 Å². The normalized spacial score (nSPS) is 12.5. The molecule has 27 heavy (non-hydrogen) atoms. The minimum atomic E-state index is -3.83. The third-order valence-electron chi connectivity index (χ3n) is 4.00. The van der Waals surface area contributed by atoms with Gasteiger partial charge in [0.2, 0.25) is 10.0 Å². The van der Waals surface area contributed by atoms with E-state index in [1.54, 1.807) is 13.2 Å². The van der Waals surface area contributed by atoms with Gasteiger partial charge in [-0.25, -0.2) is 18.4 Å². The summed E-state index contributed by atoms with van der Waals surface area (Å²) >= 11 is 0. The quantitative estimate of drug-likeness (QED) is 0.664. The van der Waals surface area contributed by atoms with Crippen LogP contribution >= 0.6 is 0 Å². The first-order chi connectivity index (χ1) is 12.7. The van der Waals surface area contributed by atoms with E-state index >= 15 is 0 Å². The lowest BCUT2D eigenvalue weighted by molar-refractivity contribution is 0.242. The van der Waals surface area contributed by atoms with Gasteiger partial charge in [0, 0.05) is 17.8 Å². The molecule has 0 spiro atoms. The van der Waals surface area contributed by atoms with Gasteiger partial charge in [-0.2, -0.15) is 0 Å². The molecule has 2 aromatic rings. The fourth-order valence-corrected chi connectivity index (χ4v) is 3.19. The Bertz CT molecular complexity index is 900. The van der Waals surface area contributed by atoms with Crippen LogP contribution in [0.3, 0.4) is 0 Å². The lowest BCUT2D eigenvalue weighted by Gasteiger charge is -2.26. The number of nitrogens with zero attached hydrogens (tertiary/aromatic N) is 1. The van der Waals surface area contributed by atoms with Gasteiger partial charge in [0.05, 0.1) is 18.0 Å². The maximum atomic E-state index is 12.2. The van der Waals surface area contributed by atoms with E-state index in [4.69, 9.17) is 9.88 Å². The molecule has 0 aliphatic carbocycles. The number of anilines is 1. The summed E-state index contributed by atoms with van der Waals surface area (Å²) in [5.74, 6) is 0.735. The molecule has 0 heterocycles. The minimum Gasteiger partial charge on any atom is -0.496 e. The summed E-state index contributed by atoms with van der Waals surface area (Å²) in [6.45, 7) is 0.327. The number of amides is 2. The highest BCUT2D eigenvalue weighted by atomic mass is 32.2. The summed E-state index contributed by atoms with van der Waals surface area (Å²) in [7, 11) is 1.59. The Morgan fingerprint density at radius 1 is 1.19 bits per heavy atom. The average Bonchev–Trinajstić information content (AvgIpc) is 2.61. The Morgan fingerprint density at radius 2 is 1.89 bits per heavy atom. The van der Waals surface area contributed by atoms with Gasteiger partial charge in [0.25, 0.3) is 0 Å². The number of ether oxygens (including phenoxy) is 1. The first kappa shape index (κ1) is 20.7. The summed E-state index contributed by atoms with van der Waals surface area (Å²) in [4.78, 5) is 14.1. The number of carbonyl (C=O) groups excluding carboxylic acids is 1. The van der Waals surface area contributed by atoms with Crippen LogP contribution in [-0.4, -0.2) is 47.1 Å². The molecule has 2 amide bonds. The van der Waals surface area contributed by atoms with Gasteiger partial charge in [0.1, 0.15) is 5.75 Å². The molecular weight excluding hydrogens is 368 g/mol. The van der Waals surface area contributed by atoms with E-state index < -0.39 is 16.1 Å². The van der Waals surface area contributed by atoms with Crippen molar-refractivity contribution < 1.29 is 17.9 Å². The standard InChI is InChI=1S/C18H24N4O4S/c1-22(2)16(15-9-4-5-10-17(15)26-3)12-20-18(23)21-13-7-6-8-14(11-13)27(19,24)25/h4-11,16H,12H2,1-3H3,(H2,19,24,25)(H2,20,21,23). The van der Waals surface area contributed by atoms with Crippen molar-refractivity contribution in [3.63, 3.8) is 0 Å². The first-order valence-electron chi connectivity index (χ1n) is 8.19. The predicted molar refractivity (Wildman–Crippen MR) is 104 cm³/mol. The highest BCUT2D eigenvalue weighted by Gasteiger charge is 2.19. The number of methoxy groups -OCH3 is 1. The molecule has 1 unspecified atom stereocenters. The molecule has 2 rings (SSSR count). The molecule has 0 fully saturated rings. The Balaban J connectivity index is 2.07. The van der Waals surface area contributed by atoms with Crippen molar-refractivity contribution in [1.29, 1.82) is 0 Å². The number of primary sulfonamides is 1. The summed E-state index contributed by atoms with van der Waals surface area (Å²) in [6, 6.07) is 12.8. The maximum absolute atomic E-state index is 12.2. The molecule has 0 bridgehead atoms. The smallest absolute Gasteiger partial charge is 0.319 e. The number of hydrogen-bond acceptors (Lipinski definition) is 5. The number of hydrogen-bond donors (Lipinski definition) is 3. The molecule has 4 N–H and O–H groups in total. The van der Waals surface area contributed by atoms with Crippen molar-refractivity contribution in [2.45, 2.75) is 10.9 Å². The van der Waals surface area contributed by atoms with Crippen molar-refractivity contribution in [2.24, 2.45) is 5.14 Å². The topological polar surface area (TPSA) is 114 Å². The van der Waals surface area contributed by atoms with Gasteiger partial charge in [0.15, 0.2) is 0 Å². The number of likely N-dealkylation sites (N-methyl/N-ethyl adjacent to an activating group) is 1. The second kappa shape index (κ2) is 8.85. The Kier molecular flexibility index (Phi) is 6.78. The number of rotatable bonds is 7. The van der Waals surface area contributed by atoms with Crippen LogP contribution in [0, 0.1) is 0 Å². The number of nitrogens with one attached hydrogen (secondary N) is 2. The zero-order valence-corrected chi connectivity index (χ0v) is 16.3. The SMILES string of the molecule is COc1ccccc1C(CNC(=O)Nc1cccc(S(N)(=O)=O)c1)N(C)C. The van der Waals surface area contributed by atoms with Crippen LogP contribution in [0.25, 0.3) is 0 Å². The zero-order valence-electron chi connectivity index (χ0n) is 15.5. The molecule has 2 aromatic carbocycles. The number of benzene rings is 2. The van der Waals surface area contributed by atoms with Gasteiger partial charge in [-0.3, -0.25) is 0 Å². The van der Waals surface area contributed by atoms with Gasteiger partial charge in [-0.05, 0) is 38.4 Å². The molecule has 0 aromatic heterocycles. The fourth-order valence-electron chi connectivity index (χ4n) is 2.63. The van der Waals surface area contributed by atoms with Gasteiger partial charge < -0.3 is 20.3 Å². The molecule has 9 heteroatoms. The highest BCUT2D eigenvalue weighted by Crippen LogP contribution is 2.27. The average molecular weight is 392 g/mol. The minimum absolute atomic E-state index is 0.0690. The van der Waals surface area contributed by atoms with Crippen molar-refractivity contribution in [3.8, 4) is 5.75 Å². The van der Waals surface area contributed by atoms with Gasteiger partial charge in [-0.1, -0.05) is 24.3 Å². The van der Waals surface area contributed by atoms with E-state index in [9.17, 15) is 13.2 Å². The fraction of sp³-hybridized carbons (Fsp3) is 0.278. The Morgan fingerprint density at radius 3 is 2.52 bits per heavy atom. The van der Waals surface area contributed by atoms with Crippen LogP contribution in [-0.2, 0) is 10.0 Å². The summed E-state index contributed by atoms with van der Waals surface area (Å²) in [5.41, 5.74) is 1.28. The van der Waals surface area contributed by atoms with E-state index in [-0.39, 0.29) is 10.9 Å². The van der Waals surface area contributed by atoms with Crippen molar-refractivity contribution >= 4 is 21.7 Å². The summed E-state index contributed by atoms with van der Waals surface area (Å²) in [6.07, 6.45) is 0. The van der Waals surface area contributed by atoms with Crippen molar-refractivity contribution in [2.75, 3.05) is 33.1 Å². The van der Waals surface area contributed by atoms with E-state index in [1.807, 2.05) is 43.3 Å². The molecule has 8 nitrogen and oxygen atoms in total. The van der Waals surface area contributed by atoms with Crippen LogP contribution in [0.1, 0.15) is 11.6 Å². The largest absolute Gasteiger partial charge is 0.496 e. The van der Waals surface area contributed by atoms with E-state index in [2.05, 4.69) is 10.6 Å². The van der Waals surface area contributed by atoms with Crippen LogP contribution < -0.4 is 20.5 Å². The van der Waals surface area contributed by atoms with E-state index in [1.165, 1.54) is 18.2 Å². The molecule has 0 aliphatic rings. The van der Waals surface area contributed by atoms with Crippen molar-refractivity contribution in [3.05, 3.63) is 54.1 Å². The van der Waals surface area contributed by atoms with Crippen molar-refractivity contribution in [1.82, 2.24) is 10.2 Å². The molecule has 0 radical (unpaired) electrons. The van der Waals surface area contributed by atoms with Crippen LogP contribution in [0.2, 0.25) is 0 Å². The molecule has 146 valence electrons. The lowest BCUT2D eigenvalue weighted by Crippen LogP contribution is -2.37. The third-order valence-corrected chi connectivity index (χ3v) is 4.91. The number of sulfonamides is 1. The monoisotopic (exact) mass is 392 g/mol. The van der Waals surface area contributed by atoms with Crippen LogP contribution in [0.4, 0.5) is 10.5 Å². The third kappa shape index (κ3) is 5.68. The number of carbonyl (C=O) groups is 1. The molecule has 0 saturated carbocycles. The highest BCUT2D eigenvalue weighted by molar-refractivity contribution is 7.89.